The van der Waals surface area contributed by atoms with Gasteiger partial charge in [-0.3, -0.25) is 9.58 Å². The van der Waals surface area contributed by atoms with Crippen molar-refractivity contribution < 1.29 is 9.53 Å². The predicted molar refractivity (Wildman–Crippen MR) is 120 cm³/mol. The van der Waals surface area contributed by atoms with Crippen LogP contribution in [-0.4, -0.2) is 45.6 Å². The molecule has 1 saturated heterocycles. The van der Waals surface area contributed by atoms with Crippen molar-refractivity contribution in [3.63, 3.8) is 0 Å². The minimum atomic E-state index is -0.343. The second-order valence-electron chi connectivity index (χ2n) is 7.96. The third kappa shape index (κ3) is 5.89. The van der Waals surface area contributed by atoms with Gasteiger partial charge in [0.2, 0.25) is 0 Å². The molecule has 3 aromatic rings. The zero-order chi connectivity index (χ0) is 21.5. The van der Waals surface area contributed by atoms with Crippen LogP contribution in [0.25, 0.3) is 6.08 Å². The van der Waals surface area contributed by atoms with Crippen LogP contribution in [0.15, 0.2) is 66.9 Å². The number of rotatable bonds is 8. The van der Waals surface area contributed by atoms with Gasteiger partial charge >= 0.3 is 5.97 Å². The van der Waals surface area contributed by atoms with Gasteiger partial charge in [-0.2, -0.15) is 0 Å². The Morgan fingerprint density at radius 3 is 2.71 bits per heavy atom. The first-order valence-corrected chi connectivity index (χ1v) is 10.7. The number of ether oxygens (including phenoxy) is 1. The fourth-order valence-corrected chi connectivity index (χ4v) is 4.04. The number of hydrogen-bond acceptors (Lipinski definition) is 5. The normalized spacial score (nSPS) is 16.7. The molecule has 0 bridgehead atoms. The number of aromatic nitrogens is 3. The summed E-state index contributed by atoms with van der Waals surface area (Å²) in [5.74, 6) is -0.343. The van der Waals surface area contributed by atoms with E-state index in [2.05, 4.69) is 62.5 Å². The molecule has 0 amide bonds. The van der Waals surface area contributed by atoms with Crippen molar-refractivity contribution in [3.05, 3.63) is 89.3 Å². The summed E-state index contributed by atoms with van der Waals surface area (Å²) in [6.45, 7) is 2.87. The lowest BCUT2D eigenvalue weighted by Crippen LogP contribution is -2.32. The van der Waals surface area contributed by atoms with Crippen LogP contribution >= 0.6 is 0 Å². The molecule has 1 aromatic heterocycles. The molecule has 31 heavy (non-hydrogen) atoms. The molecule has 6 nitrogen and oxygen atoms in total. The van der Waals surface area contributed by atoms with Crippen LogP contribution in [0.5, 0.6) is 0 Å². The molecular weight excluding hydrogens is 388 g/mol. The van der Waals surface area contributed by atoms with E-state index in [4.69, 9.17) is 0 Å². The van der Waals surface area contributed by atoms with Gasteiger partial charge in [-0.05, 0) is 42.2 Å². The van der Waals surface area contributed by atoms with Crippen LogP contribution in [0.1, 0.15) is 35.2 Å². The summed E-state index contributed by atoms with van der Waals surface area (Å²) in [4.78, 5) is 13.8. The summed E-state index contributed by atoms with van der Waals surface area (Å²) >= 11 is 0. The Bertz CT molecular complexity index is 1010. The number of hydrogen-bond donors (Lipinski definition) is 0. The molecule has 160 valence electrons. The molecule has 1 fully saturated rings. The molecule has 2 heterocycles. The van der Waals surface area contributed by atoms with Crippen molar-refractivity contribution in [2.24, 2.45) is 0 Å². The van der Waals surface area contributed by atoms with Gasteiger partial charge in [-0.25, -0.2) is 4.79 Å². The van der Waals surface area contributed by atoms with Crippen LogP contribution in [0, 0.1) is 0 Å². The van der Waals surface area contributed by atoms with Crippen LogP contribution in [-0.2, 0) is 29.0 Å². The van der Waals surface area contributed by atoms with E-state index in [-0.39, 0.29) is 5.97 Å². The SMILES string of the molecule is COC(=O)/C=C/c1ccc(CN2CCC[C@@H]2Cn2cc(Cc3ccccc3)nn2)cc1. The van der Waals surface area contributed by atoms with Crippen LogP contribution < -0.4 is 0 Å². The largest absolute Gasteiger partial charge is 0.466 e. The summed E-state index contributed by atoms with van der Waals surface area (Å²) in [5, 5.41) is 8.73. The van der Waals surface area contributed by atoms with Gasteiger partial charge in [0.15, 0.2) is 0 Å². The Morgan fingerprint density at radius 1 is 1.13 bits per heavy atom. The molecule has 0 N–H and O–H groups in total. The maximum absolute atomic E-state index is 11.2. The van der Waals surface area contributed by atoms with Crippen molar-refractivity contribution in [1.82, 2.24) is 19.9 Å². The van der Waals surface area contributed by atoms with Crippen molar-refractivity contribution in [1.29, 1.82) is 0 Å². The van der Waals surface area contributed by atoms with Crippen LogP contribution in [0.4, 0.5) is 0 Å². The first-order valence-electron chi connectivity index (χ1n) is 10.7. The maximum Gasteiger partial charge on any atom is 0.330 e. The maximum atomic E-state index is 11.2. The average Bonchev–Trinajstić information content (AvgIpc) is 3.43. The van der Waals surface area contributed by atoms with Gasteiger partial charge in [0.05, 0.1) is 19.3 Å². The second-order valence-corrected chi connectivity index (χ2v) is 7.96. The van der Waals surface area contributed by atoms with Crippen molar-refractivity contribution in [3.8, 4) is 0 Å². The van der Waals surface area contributed by atoms with E-state index in [1.54, 1.807) is 6.08 Å². The average molecular weight is 417 g/mol. The van der Waals surface area contributed by atoms with Crippen molar-refractivity contribution in [2.75, 3.05) is 13.7 Å². The van der Waals surface area contributed by atoms with Gasteiger partial charge in [0, 0.05) is 31.3 Å². The summed E-state index contributed by atoms with van der Waals surface area (Å²) < 4.78 is 6.62. The molecular formula is C25H28N4O2. The summed E-state index contributed by atoms with van der Waals surface area (Å²) in [6.07, 6.45) is 8.48. The van der Waals surface area contributed by atoms with E-state index in [1.165, 1.54) is 37.2 Å². The standard InChI is InChI=1S/C25H28N4O2/c1-31-25(30)14-13-20-9-11-22(12-10-20)17-28-15-5-8-24(28)19-29-18-23(26-27-29)16-21-6-3-2-4-7-21/h2-4,6-7,9-14,18,24H,5,8,15-17,19H2,1H3/b14-13+/t24-/m1/s1. The fourth-order valence-electron chi connectivity index (χ4n) is 4.04. The van der Waals surface area contributed by atoms with E-state index in [9.17, 15) is 4.79 Å². The lowest BCUT2D eigenvalue weighted by atomic mass is 10.1. The number of carbonyl (C=O) groups excluding carboxylic acids is 1. The Balaban J connectivity index is 1.33. The smallest absolute Gasteiger partial charge is 0.330 e. The number of carbonyl (C=O) groups is 1. The molecule has 1 atom stereocenters. The molecule has 2 aromatic carbocycles. The molecule has 1 aliphatic rings. The topological polar surface area (TPSA) is 60.2 Å². The van der Waals surface area contributed by atoms with Gasteiger partial charge in [-0.15, -0.1) is 5.10 Å². The van der Waals surface area contributed by atoms with E-state index in [1.807, 2.05) is 22.9 Å². The molecule has 0 unspecified atom stereocenters. The molecule has 0 radical (unpaired) electrons. The van der Waals surface area contributed by atoms with E-state index >= 15 is 0 Å². The van der Waals surface area contributed by atoms with Crippen LogP contribution in [0.3, 0.4) is 0 Å². The van der Waals surface area contributed by atoms with Gasteiger partial charge in [0.25, 0.3) is 0 Å². The van der Waals surface area contributed by atoms with Crippen LogP contribution in [0.2, 0.25) is 0 Å². The highest BCUT2D eigenvalue weighted by Crippen LogP contribution is 2.22. The quantitative estimate of drug-likeness (QED) is 0.414. The Hall–Kier alpha value is -3.25. The lowest BCUT2D eigenvalue weighted by Gasteiger charge is -2.24. The van der Waals surface area contributed by atoms with E-state index < -0.39 is 0 Å². The molecule has 6 heteroatoms. The summed E-state index contributed by atoms with van der Waals surface area (Å²) in [5.41, 5.74) is 4.51. The third-order valence-electron chi connectivity index (χ3n) is 5.69. The summed E-state index contributed by atoms with van der Waals surface area (Å²) in [7, 11) is 1.38. The first-order chi connectivity index (χ1) is 15.2. The zero-order valence-electron chi connectivity index (χ0n) is 17.9. The molecule has 1 aliphatic heterocycles. The molecule has 0 spiro atoms. The number of nitrogens with zero attached hydrogens (tertiary/aromatic N) is 4. The Morgan fingerprint density at radius 2 is 1.94 bits per heavy atom. The minimum absolute atomic E-state index is 0.343. The number of methoxy groups -OCH3 is 1. The first kappa shape index (κ1) is 21.0. The Kier molecular flexibility index (Phi) is 6.89. The van der Waals surface area contributed by atoms with E-state index in [0.29, 0.717) is 6.04 Å². The monoisotopic (exact) mass is 416 g/mol. The van der Waals surface area contributed by atoms with Gasteiger partial charge in [0.1, 0.15) is 0 Å². The highest BCUT2D eigenvalue weighted by atomic mass is 16.5. The van der Waals surface area contributed by atoms with Crippen molar-refractivity contribution in [2.45, 2.75) is 38.4 Å². The van der Waals surface area contributed by atoms with E-state index in [0.717, 1.165) is 37.3 Å². The Labute approximate surface area is 183 Å². The molecule has 0 saturated carbocycles. The minimum Gasteiger partial charge on any atom is -0.466 e. The molecule has 0 aliphatic carbocycles. The zero-order valence-corrected chi connectivity index (χ0v) is 17.9. The van der Waals surface area contributed by atoms with Gasteiger partial charge < -0.3 is 4.74 Å². The predicted octanol–water partition coefficient (Wildman–Crippen LogP) is 3.72. The second kappa shape index (κ2) is 10.2. The number of likely N-dealkylation sites (tertiary alicyclic amines) is 1. The number of esters is 1. The third-order valence-corrected chi connectivity index (χ3v) is 5.69. The lowest BCUT2D eigenvalue weighted by molar-refractivity contribution is -0.134. The summed E-state index contributed by atoms with van der Waals surface area (Å²) in [6, 6.07) is 19.2. The van der Waals surface area contributed by atoms with Crippen molar-refractivity contribution >= 4 is 12.0 Å². The highest BCUT2D eigenvalue weighted by molar-refractivity contribution is 5.86. The number of benzene rings is 2. The highest BCUT2D eigenvalue weighted by Gasteiger charge is 2.25. The fraction of sp³-hybridized carbons (Fsp3) is 0.320. The van der Waals surface area contributed by atoms with Gasteiger partial charge in [-0.1, -0.05) is 59.8 Å². The molecule has 4 rings (SSSR count).